The van der Waals surface area contributed by atoms with Crippen LogP contribution >= 0.6 is 11.6 Å². The van der Waals surface area contributed by atoms with Gasteiger partial charge in [0.15, 0.2) is 0 Å². The van der Waals surface area contributed by atoms with E-state index in [-0.39, 0.29) is 5.91 Å². The van der Waals surface area contributed by atoms with Crippen molar-refractivity contribution in [2.75, 3.05) is 23.9 Å². The topological polar surface area (TPSA) is 54.5 Å². The first-order valence-electron chi connectivity index (χ1n) is 9.00. The largest absolute Gasteiger partial charge is 0.495 e. The molecule has 1 aromatic heterocycles. The molecular weight excluding hydrogens is 374 g/mol. The lowest BCUT2D eigenvalue weighted by molar-refractivity contribution is 0.102. The van der Waals surface area contributed by atoms with Crippen LogP contribution in [-0.4, -0.2) is 24.5 Å². The van der Waals surface area contributed by atoms with Crippen LogP contribution in [0.5, 0.6) is 5.75 Å². The summed E-state index contributed by atoms with van der Waals surface area (Å²) >= 11 is 6.13. The Morgan fingerprint density at radius 3 is 2.61 bits per heavy atom. The fourth-order valence-electron chi connectivity index (χ4n) is 2.84. The van der Waals surface area contributed by atoms with Gasteiger partial charge in [0.2, 0.25) is 0 Å². The maximum atomic E-state index is 12.7. The van der Waals surface area contributed by atoms with E-state index in [4.69, 9.17) is 16.3 Å². The minimum atomic E-state index is -0.222. The molecule has 0 spiro atoms. The van der Waals surface area contributed by atoms with E-state index in [9.17, 15) is 4.79 Å². The van der Waals surface area contributed by atoms with E-state index in [1.165, 1.54) is 5.56 Å². The van der Waals surface area contributed by atoms with Gasteiger partial charge in [0, 0.05) is 30.5 Å². The highest BCUT2D eigenvalue weighted by atomic mass is 35.5. The summed E-state index contributed by atoms with van der Waals surface area (Å²) in [4.78, 5) is 19.2. The Bertz CT molecular complexity index is 948. The second-order valence-corrected chi connectivity index (χ2v) is 6.61. The fourth-order valence-corrected chi connectivity index (χ4v) is 3.10. The smallest absolute Gasteiger partial charge is 0.255 e. The van der Waals surface area contributed by atoms with Crippen molar-refractivity contribution in [1.29, 1.82) is 0 Å². The number of halogens is 1. The summed E-state index contributed by atoms with van der Waals surface area (Å²) in [6, 6.07) is 18.8. The molecule has 0 bridgehead atoms. The van der Waals surface area contributed by atoms with Gasteiger partial charge in [-0.2, -0.15) is 0 Å². The monoisotopic (exact) mass is 395 g/mol. The average molecular weight is 396 g/mol. The molecule has 0 aliphatic carbocycles. The Hall–Kier alpha value is -3.05. The van der Waals surface area contributed by atoms with E-state index in [1.807, 2.05) is 18.2 Å². The Kier molecular flexibility index (Phi) is 6.50. The number of hydrogen-bond acceptors (Lipinski definition) is 4. The summed E-state index contributed by atoms with van der Waals surface area (Å²) in [7, 11) is 1.55. The number of amides is 1. The minimum Gasteiger partial charge on any atom is -0.495 e. The lowest BCUT2D eigenvalue weighted by Crippen LogP contribution is -2.23. The van der Waals surface area contributed by atoms with Gasteiger partial charge in [0.05, 0.1) is 12.1 Å². The van der Waals surface area contributed by atoms with E-state index in [2.05, 4.69) is 34.3 Å². The molecule has 0 atom stereocenters. The maximum Gasteiger partial charge on any atom is 0.255 e. The van der Waals surface area contributed by atoms with E-state index in [0.717, 1.165) is 18.9 Å². The van der Waals surface area contributed by atoms with Crippen molar-refractivity contribution in [2.45, 2.75) is 13.5 Å². The zero-order valence-corrected chi connectivity index (χ0v) is 16.6. The van der Waals surface area contributed by atoms with Crippen molar-refractivity contribution in [3.63, 3.8) is 0 Å². The number of hydrogen-bond donors (Lipinski definition) is 1. The number of rotatable bonds is 7. The third-order valence-corrected chi connectivity index (χ3v) is 4.63. The second-order valence-electron chi connectivity index (χ2n) is 6.21. The van der Waals surface area contributed by atoms with Gasteiger partial charge in [-0.15, -0.1) is 0 Å². The number of ether oxygens (including phenoxy) is 1. The molecule has 0 saturated heterocycles. The molecule has 0 unspecified atom stereocenters. The van der Waals surface area contributed by atoms with Crippen molar-refractivity contribution in [3.8, 4) is 5.75 Å². The molecule has 0 aliphatic rings. The number of methoxy groups -OCH3 is 1. The predicted molar refractivity (Wildman–Crippen MR) is 113 cm³/mol. The first-order valence-corrected chi connectivity index (χ1v) is 9.38. The van der Waals surface area contributed by atoms with Gasteiger partial charge < -0.3 is 15.0 Å². The average Bonchev–Trinajstić information content (AvgIpc) is 2.73. The fraction of sp³-hybridized carbons (Fsp3) is 0.182. The molecule has 6 heteroatoms. The molecule has 0 radical (unpaired) electrons. The van der Waals surface area contributed by atoms with Crippen LogP contribution in [0.1, 0.15) is 22.8 Å². The van der Waals surface area contributed by atoms with Crippen molar-refractivity contribution in [3.05, 3.63) is 83.0 Å². The number of nitrogens with one attached hydrogen (secondary N) is 1. The zero-order chi connectivity index (χ0) is 19.9. The normalized spacial score (nSPS) is 10.4. The molecule has 0 aliphatic heterocycles. The molecule has 144 valence electrons. The first-order chi connectivity index (χ1) is 13.6. The number of benzene rings is 2. The third-order valence-electron chi connectivity index (χ3n) is 4.34. The molecule has 3 aromatic rings. The SMILES string of the molecule is CCN(Cc1ccccc1)c1cc(C(=O)Nc2ccc(OC)c(Cl)c2)ccn1. The van der Waals surface area contributed by atoms with Gasteiger partial charge in [-0.1, -0.05) is 41.9 Å². The molecule has 1 heterocycles. The lowest BCUT2D eigenvalue weighted by atomic mass is 10.2. The van der Waals surface area contributed by atoms with Crippen LogP contribution in [0.3, 0.4) is 0 Å². The molecule has 3 rings (SSSR count). The van der Waals surface area contributed by atoms with Crippen molar-refractivity contribution in [2.24, 2.45) is 0 Å². The molecule has 28 heavy (non-hydrogen) atoms. The second kappa shape index (κ2) is 9.24. The molecule has 5 nitrogen and oxygen atoms in total. The molecule has 1 N–H and O–H groups in total. The molecule has 0 saturated carbocycles. The van der Waals surface area contributed by atoms with E-state index in [1.54, 1.807) is 43.6 Å². The third kappa shape index (κ3) is 4.81. The molecule has 0 fully saturated rings. The number of carbonyl (C=O) groups excluding carboxylic acids is 1. The van der Waals surface area contributed by atoms with Crippen LogP contribution in [-0.2, 0) is 6.54 Å². The highest BCUT2D eigenvalue weighted by molar-refractivity contribution is 6.32. The van der Waals surface area contributed by atoms with Crippen LogP contribution in [0.15, 0.2) is 66.9 Å². The van der Waals surface area contributed by atoms with Crippen molar-refractivity contribution >= 4 is 29.0 Å². The highest BCUT2D eigenvalue weighted by Crippen LogP contribution is 2.27. The quantitative estimate of drug-likeness (QED) is 0.610. The van der Waals surface area contributed by atoms with Gasteiger partial charge in [0.25, 0.3) is 5.91 Å². The summed E-state index contributed by atoms with van der Waals surface area (Å²) in [6.45, 7) is 3.57. The number of pyridine rings is 1. The highest BCUT2D eigenvalue weighted by Gasteiger charge is 2.12. The Morgan fingerprint density at radius 1 is 1.14 bits per heavy atom. The molecule has 2 aromatic carbocycles. The lowest BCUT2D eigenvalue weighted by Gasteiger charge is -2.22. The Balaban J connectivity index is 1.76. The van der Waals surface area contributed by atoms with E-state index in [0.29, 0.717) is 22.0 Å². The Morgan fingerprint density at radius 2 is 1.93 bits per heavy atom. The maximum absolute atomic E-state index is 12.7. The van der Waals surface area contributed by atoms with Crippen LogP contribution in [0.2, 0.25) is 5.02 Å². The number of nitrogens with zero attached hydrogens (tertiary/aromatic N) is 2. The van der Waals surface area contributed by atoms with Gasteiger partial charge in [-0.25, -0.2) is 4.98 Å². The number of carbonyl (C=O) groups is 1. The number of aromatic nitrogens is 1. The predicted octanol–water partition coefficient (Wildman–Crippen LogP) is 5.02. The Labute approximate surface area is 169 Å². The van der Waals surface area contributed by atoms with Crippen LogP contribution in [0.4, 0.5) is 11.5 Å². The minimum absolute atomic E-state index is 0.222. The van der Waals surface area contributed by atoms with Crippen LogP contribution in [0, 0.1) is 0 Å². The summed E-state index contributed by atoms with van der Waals surface area (Å²) in [5.74, 6) is 1.10. The van der Waals surface area contributed by atoms with Crippen molar-refractivity contribution < 1.29 is 9.53 Å². The van der Waals surface area contributed by atoms with Gasteiger partial charge in [-0.3, -0.25) is 4.79 Å². The first kappa shape index (κ1) is 19.7. The number of anilines is 2. The summed E-state index contributed by atoms with van der Waals surface area (Å²) in [5.41, 5.74) is 2.32. The van der Waals surface area contributed by atoms with Gasteiger partial charge >= 0.3 is 0 Å². The van der Waals surface area contributed by atoms with E-state index >= 15 is 0 Å². The van der Waals surface area contributed by atoms with Crippen LogP contribution < -0.4 is 15.0 Å². The molecular formula is C22H22ClN3O2. The van der Waals surface area contributed by atoms with E-state index < -0.39 is 0 Å². The van der Waals surface area contributed by atoms with Gasteiger partial charge in [0.1, 0.15) is 11.6 Å². The zero-order valence-electron chi connectivity index (χ0n) is 15.9. The van der Waals surface area contributed by atoms with Crippen molar-refractivity contribution in [1.82, 2.24) is 4.98 Å². The summed E-state index contributed by atoms with van der Waals surface area (Å²) < 4.78 is 5.13. The standard InChI is InChI=1S/C22H22ClN3O2/c1-3-26(15-16-7-5-4-6-8-16)21-13-17(11-12-24-21)22(27)25-18-9-10-20(28-2)19(23)14-18/h4-14H,3,15H2,1-2H3,(H,25,27). The summed E-state index contributed by atoms with van der Waals surface area (Å²) in [5, 5.41) is 3.30. The summed E-state index contributed by atoms with van der Waals surface area (Å²) in [6.07, 6.45) is 1.65. The van der Waals surface area contributed by atoms with Crippen LogP contribution in [0.25, 0.3) is 0 Å². The van der Waals surface area contributed by atoms with Gasteiger partial charge in [-0.05, 0) is 42.8 Å². The molecule has 1 amide bonds.